The summed E-state index contributed by atoms with van der Waals surface area (Å²) in [4.78, 5) is 0. The summed E-state index contributed by atoms with van der Waals surface area (Å²) in [6.07, 6.45) is 2.20. The smallest absolute Gasteiger partial charge is 0.0175 e. The Bertz CT molecular complexity index is 649. The number of hydrogen-bond acceptors (Lipinski definition) is 0. The van der Waals surface area contributed by atoms with E-state index < -0.39 is 0 Å². The van der Waals surface area contributed by atoms with Crippen LogP contribution in [-0.4, -0.2) is 0 Å². The molecule has 3 aromatic carbocycles. The molecule has 0 fully saturated rings. The molecule has 0 spiro atoms. The molecule has 0 saturated carbocycles. The van der Waals surface area contributed by atoms with Crippen molar-refractivity contribution in [2.24, 2.45) is 0 Å². The molecule has 0 aliphatic carbocycles. The average molecular weight is 234 g/mol. The highest BCUT2D eigenvalue weighted by Crippen LogP contribution is 2.25. The van der Waals surface area contributed by atoms with Crippen LogP contribution in [0, 0.1) is 0 Å². The molecule has 0 aromatic heterocycles. The summed E-state index contributed by atoms with van der Waals surface area (Å²) in [6.45, 7) is 4.41. The molecule has 18 heavy (non-hydrogen) atoms. The summed E-state index contributed by atoms with van der Waals surface area (Å²) < 4.78 is 0. The van der Waals surface area contributed by atoms with Gasteiger partial charge in [-0.05, 0) is 57.6 Å². The Labute approximate surface area is 108 Å². The van der Waals surface area contributed by atoms with Crippen LogP contribution >= 0.6 is 0 Å². The average Bonchev–Trinajstić information content (AvgIpc) is 2.43. The van der Waals surface area contributed by atoms with Crippen molar-refractivity contribution in [3.05, 3.63) is 59.7 Å². The standard InChI is InChI=1S/C18H18/c1-3-13-5-7-15-11-16-8-6-14(4-2)10-18(16)12-17(15)9-13/h5-12H,3-4H2,1-2H3. The fraction of sp³-hybridized carbons (Fsp3) is 0.222. The number of fused-ring (bicyclic) bond motifs is 2. The molecule has 0 atom stereocenters. The van der Waals surface area contributed by atoms with Crippen molar-refractivity contribution in [3.63, 3.8) is 0 Å². The van der Waals surface area contributed by atoms with Gasteiger partial charge in [0.25, 0.3) is 0 Å². The Balaban J connectivity index is 2.29. The van der Waals surface area contributed by atoms with Gasteiger partial charge >= 0.3 is 0 Å². The van der Waals surface area contributed by atoms with Gasteiger partial charge in [0.1, 0.15) is 0 Å². The molecule has 0 aliphatic heterocycles. The van der Waals surface area contributed by atoms with Gasteiger partial charge < -0.3 is 0 Å². The van der Waals surface area contributed by atoms with Crippen LogP contribution in [0.1, 0.15) is 25.0 Å². The van der Waals surface area contributed by atoms with Gasteiger partial charge in [-0.2, -0.15) is 0 Å². The van der Waals surface area contributed by atoms with Gasteiger partial charge in [-0.1, -0.05) is 50.2 Å². The molecule has 0 heteroatoms. The van der Waals surface area contributed by atoms with Crippen molar-refractivity contribution in [1.29, 1.82) is 0 Å². The predicted molar refractivity (Wildman–Crippen MR) is 80.2 cm³/mol. The van der Waals surface area contributed by atoms with E-state index in [1.807, 2.05) is 0 Å². The quantitative estimate of drug-likeness (QED) is 0.540. The van der Waals surface area contributed by atoms with E-state index in [0.717, 1.165) is 12.8 Å². The van der Waals surface area contributed by atoms with Crippen LogP contribution in [0.25, 0.3) is 21.5 Å². The fourth-order valence-electron chi connectivity index (χ4n) is 2.54. The fourth-order valence-corrected chi connectivity index (χ4v) is 2.54. The zero-order chi connectivity index (χ0) is 12.5. The monoisotopic (exact) mass is 234 g/mol. The first-order valence-corrected chi connectivity index (χ1v) is 6.75. The minimum Gasteiger partial charge on any atom is -0.0613 e. The predicted octanol–water partition coefficient (Wildman–Crippen LogP) is 5.12. The second-order valence-electron chi connectivity index (χ2n) is 4.92. The minimum absolute atomic E-state index is 1.10. The Kier molecular flexibility index (Phi) is 2.79. The van der Waals surface area contributed by atoms with E-state index in [1.54, 1.807) is 0 Å². The van der Waals surface area contributed by atoms with Crippen LogP contribution in [0.2, 0.25) is 0 Å². The Morgan fingerprint density at radius 2 is 1.00 bits per heavy atom. The number of aryl methyl sites for hydroxylation is 2. The van der Waals surface area contributed by atoms with E-state index in [-0.39, 0.29) is 0 Å². The van der Waals surface area contributed by atoms with E-state index in [4.69, 9.17) is 0 Å². The van der Waals surface area contributed by atoms with Gasteiger partial charge in [-0.25, -0.2) is 0 Å². The summed E-state index contributed by atoms with van der Waals surface area (Å²) in [7, 11) is 0. The maximum absolute atomic E-state index is 2.32. The molecule has 0 heterocycles. The lowest BCUT2D eigenvalue weighted by atomic mass is 9.99. The SMILES string of the molecule is CCc1ccc2cc3ccc(CC)cc3cc2c1. The van der Waals surface area contributed by atoms with E-state index in [1.165, 1.54) is 32.7 Å². The normalized spacial score (nSPS) is 11.2. The highest BCUT2D eigenvalue weighted by molar-refractivity contribution is 5.98. The van der Waals surface area contributed by atoms with Crippen molar-refractivity contribution in [1.82, 2.24) is 0 Å². The van der Waals surface area contributed by atoms with Crippen molar-refractivity contribution >= 4 is 21.5 Å². The second-order valence-corrected chi connectivity index (χ2v) is 4.92. The van der Waals surface area contributed by atoms with E-state index >= 15 is 0 Å². The third-order valence-corrected chi connectivity index (χ3v) is 3.74. The van der Waals surface area contributed by atoms with Crippen molar-refractivity contribution in [3.8, 4) is 0 Å². The van der Waals surface area contributed by atoms with Crippen LogP contribution in [0.4, 0.5) is 0 Å². The zero-order valence-corrected chi connectivity index (χ0v) is 11.0. The van der Waals surface area contributed by atoms with Crippen LogP contribution in [0.3, 0.4) is 0 Å². The topological polar surface area (TPSA) is 0 Å². The first kappa shape index (κ1) is 11.3. The van der Waals surface area contributed by atoms with Gasteiger partial charge in [-0.15, -0.1) is 0 Å². The van der Waals surface area contributed by atoms with E-state index in [0.29, 0.717) is 0 Å². The minimum atomic E-state index is 1.10. The first-order valence-electron chi connectivity index (χ1n) is 6.75. The van der Waals surface area contributed by atoms with Crippen LogP contribution < -0.4 is 0 Å². The summed E-state index contributed by atoms with van der Waals surface area (Å²) in [6, 6.07) is 18.2. The summed E-state index contributed by atoms with van der Waals surface area (Å²) in [5.74, 6) is 0. The maximum Gasteiger partial charge on any atom is -0.0175 e. The molecule has 3 aromatic rings. The molecule has 3 rings (SSSR count). The Morgan fingerprint density at radius 3 is 1.44 bits per heavy atom. The molecule has 0 amide bonds. The van der Waals surface area contributed by atoms with Crippen molar-refractivity contribution in [2.75, 3.05) is 0 Å². The molecule has 0 nitrogen and oxygen atoms in total. The lowest BCUT2D eigenvalue weighted by Crippen LogP contribution is -1.83. The molecule has 0 radical (unpaired) electrons. The largest absolute Gasteiger partial charge is 0.0613 e. The summed E-state index contributed by atoms with van der Waals surface area (Å²) >= 11 is 0. The van der Waals surface area contributed by atoms with Crippen molar-refractivity contribution in [2.45, 2.75) is 26.7 Å². The van der Waals surface area contributed by atoms with Crippen LogP contribution in [0.5, 0.6) is 0 Å². The summed E-state index contributed by atoms with van der Waals surface area (Å²) in [5, 5.41) is 5.39. The Morgan fingerprint density at radius 1 is 0.556 bits per heavy atom. The molecule has 0 unspecified atom stereocenters. The van der Waals surface area contributed by atoms with Crippen molar-refractivity contribution < 1.29 is 0 Å². The molecule has 0 saturated heterocycles. The maximum atomic E-state index is 2.32. The number of rotatable bonds is 2. The van der Waals surface area contributed by atoms with Gasteiger partial charge in [-0.3, -0.25) is 0 Å². The molecular formula is C18H18. The van der Waals surface area contributed by atoms with E-state index in [2.05, 4.69) is 62.4 Å². The Hall–Kier alpha value is -1.82. The van der Waals surface area contributed by atoms with E-state index in [9.17, 15) is 0 Å². The third kappa shape index (κ3) is 1.88. The molecular weight excluding hydrogens is 216 g/mol. The van der Waals surface area contributed by atoms with Gasteiger partial charge in [0.05, 0.1) is 0 Å². The van der Waals surface area contributed by atoms with Gasteiger partial charge in [0.15, 0.2) is 0 Å². The van der Waals surface area contributed by atoms with Crippen LogP contribution in [-0.2, 0) is 12.8 Å². The highest BCUT2D eigenvalue weighted by atomic mass is 14.0. The lowest BCUT2D eigenvalue weighted by Gasteiger charge is -2.06. The second kappa shape index (κ2) is 4.45. The lowest BCUT2D eigenvalue weighted by molar-refractivity contribution is 1.14. The molecule has 0 aliphatic rings. The number of benzene rings is 3. The summed E-state index contributed by atoms with van der Waals surface area (Å²) in [5.41, 5.74) is 2.82. The first-order chi connectivity index (χ1) is 8.80. The molecule has 0 bridgehead atoms. The third-order valence-electron chi connectivity index (χ3n) is 3.74. The number of hydrogen-bond donors (Lipinski definition) is 0. The highest BCUT2D eigenvalue weighted by Gasteiger charge is 2.00. The van der Waals surface area contributed by atoms with Crippen LogP contribution in [0.15, 0.2) is 48.5 Å². The molecule has 90 valence electrons. The zero-order valence-electron chi connectivity index (χ0n) is 11.0. The molecule has 0 N–H and O–H groups in total. The van der Waals surface area contributed by atoms with Gasteiger partial charge in [0, 0.05) is 0 Å². The van der Waals surface area contributed by atoms with Gasteiger partial charge in [0.2, 0.25) is 0 Å².